The molecular weight excluding hydrogens is 360 g/mol. The molecule has 1 fully saturated rings. The fourth-order valence-electron chi connectivity index (χ4n) is 3.33. The Morgan fingerprint density at radius 1 is 1.21 bits per heavy atom. The van der Waals surface area contributed by atoms with Crippen molar-refractivity contribution in [2.45, 2.75) is 45.6 Å². The average molecular weight is 388 g/mol. The van der Waals surface area contributed by atoms with Crippen molar-refractivity contribution in [3.05, 3.63) is 30.0 Å². The highest BCUT2D eigenvalue weighted by molar-refractivity contribution is 5.96. The lowest BCUT2D eigenvalue weighted by Gasteiger charge is -2.31. The molecule has 1 amide bonds. The molecule has 1 aromatic heterocycles. The molecule has 7 nitrogen and oxygen atoms in total. The quantitative estimate of drug-likeness (QED) is 0.789. The van der Waals surface area contributed by atoms with Gasteiger partial charge in [0.05, 0.1) is 7.11 Å². The molecule has 1 aliphatic rings. The number of fused-ring (bicyclic) bond motifs is 1. The van der Waals surface area contributed by atoms with E-state index in [0.29, 0.717) is 30.8 Å². The van der Waals surface area contributed by atoms with Crippen LogP contribution in [-0.2, 0) is 9.53 Å². The minimum absolute atomic E-state index is 0.160. The number of esters is 1. The first-order chi connectivity index (χ1) is 13.2. The molecule has 2 heterocycles. The Kier molecular flexibility index (Phi) is 5.93. The SMILES string of the molecule is COc1ccc2oc(C(=O)NN3CCC(CC(=O)OC(C)(C)C)CC3)cc2c1. The highest BCUT2D eigenvalue weighted by Gasteiger charge is 2.26. The van der Waals surface area contributed by atoms with Gasteiger partial charge in [0.25, 0.3) is 0 Å². The van der Waals surface area contributed by atoms with Crippen LogP contribution in [0.15, 0.2) is 28.7 Å². The topological polar surface area (TPSA) is 81.0 Å². The summed E-state index contributed by atoms with van der Waals surface area (Å²) in [6, 6.07) is 7.12. The molecule has 0 spiro atoms. The Hall–Kier alpha value is -2.54. The van der Waals surface area contributed by atoms with Gasteiger partial charge in [0.1, 0.15) is 16.9 Å². The molecule has 0 aliphatic carbocycles. The number of hydrogen-bond donors (Lipinski definition) is 1. The van der Waals surface area contributed by atoms with E-state index in [1.54, 1.807) is 25.3 Å². The number of carbonyl (C=O) groups excluding carboxylic acids is 2. The van der Waals surface area contributed by atoms with E-state index >= 15 is 0 Å². The highest BCUT2D eigenvalue weighted by Crippen LogP contribution is 2.25. The smallest absolute Gasteiger partial charge is 0.306 e. The molecule has 0 bridgehead atoms. The van der Waals surface area contributed by atoms with E-state index in [9.17, 15) is 9.59 Å². The van der Waals surface area contributed by atoms with Crippen LogP contribution in [0.1, 0.15) is 50.6 Å². The third kappa shape index (κ3) is 5.25. The van der Waals surface area contributed by atoms with Crippen LogP contribution < -0.4 is 10.2 Å². The van der Waals surface area contributed by atoms with Gasteiger partial charge in [-0.15, -0.1) is 0 Å². The lowest BCUT2D eigenvalue weighted by atomic mass is 9.94. The summed E-state index contributed by atoms with van der Waals surface area (Å²) < 4.78 is 16.2. The summed E-state index contributed by atoms with van der Waals surface area (Å²) in [7, 11) is 1.60. The Morgan fingerprint density at radius 2 is 1.93 bits per heavy atom. The molecule has 3 rings (SSSR count). The molecule has 0 unspecified atom stereocenters. The number of nitrogens with zero attached hydrogens (tertiary/aromatic N) is 1. The number of methoxy groups -OCH3 is 1. The van der Waals surface area contributed by atoms with E-state index in [2.05, 4.69) is 5.43 Å². The lowest BCUT2D eigenvalue weighted by molar-refractivity contribution is -0.156. The van der Waals surface area contributed by atoms with Crippen LogP contribution >= 0.6 is 0 Å². The number of piperidine rings is 1. The Labute approximate surface area is 164 Å². The zero-order chi connectivity index (χ0) is 20.3. The van der Waals surface area contributed by atoms with Crippen molar-refractivity contribution in [3.8, 4) is 5.75 Å². The first-order valence-electron chi connectivity index (χ1n) is 9.59. The summed E-state index contributed by atoms with van der Waals surface area (Å²) in [6.45, 7) is 6.99. The number of nitrogens with one attached hydrogen (secondary N) is 1. The maximum atomic E-state index is 12.5. The summed E-state index contributed by atoms with van der Waals surface area (Å²) in [5.74, 6) is 0.821. The summed E-state index contributed by atoms with van der Waals surface area (Å²) in [5.41, 5.74) is 3.07. The molecule has 0 atom stereocenters. The van der Waals surface area contributed by atoms with E-state index in [4.69, 9.17) is 13.9 Å². The minimum Gasteiger partial charge on any atom is -0.497 e. The highest BCUT2D eigenvalue weighted by atomic mass is 16.6. The van der Waals surface area contributed by atoms with Crippen molar-refractivity contribution in [3.63, 3.8) is 0 Å². The van der Waals surface area contributed by atoms with Crippen molar-refractivity contribution in [2.24, 2.45) is 5.92 Å². The first-order valence-corrected chi connectivity index (χ1v) is 9.59. The minimum atomic E-state index is -0.456. The van der Waals surface area contributed by atoms with Crippen molar-refractivity contribution in [1.82, 2.24) is 10.4 Å². The van der Waals surface area contributed by atoms with Gasteiger partial charge in [0, 0.05) is 24.9 Å². The van der Waals surface area contributed by atoms with Crippen LogP contribution in [0.4, 0.5) is 0 Å². The zero-order valence-electron chi connectivity index (χ0n) is 16.9. The molecule has 28 heavy (non-hydrogen) atoms. The average Bonchev–Trinajstić information content (AvgIpc) is 3.05. The number of amides is 1. The third-order valence-corrected chi connectivity index (χ3v) is 4.70. The number of rotatable bonds is 5. The Bertz CT molecular complexity index is 844. The van der Waals surface area contributed by atoms with Crippen LogP contribution in [0.25, 0.3) is 11.0 Å². The maximum Gasteiger partial charge on any atom is 0.306 e. The van der Waals surface area contributed by atoms with Crippen LogP contribution in [0.3, 0.4) is 0 Å². The van der Waals surface area contributed by atoms with Gasteiger partial charge in [-0.05, 0) is 63.8 Å². The molecule has 7 heteroatoms. The standard InChI is InChI=1S/C21H28N2O5/c1-21(2,3)28-19(24)11-14-7-9-23(10-8-14)22-20(25)18-13-15-12-16(26-4)5-6-17(15)27-18/h5-6,12-14H,7-11H2,1-4H3,(H,22,25). The molecule has 1 saturated heterocycles. The van der Waals surface area contributed by atoms with Crippen LogP contribution in [0.5, 0.6) is 5.75 Å². The largest absolute Gasteiger partial charge is 0.497 e. The monoisotopic (exact) mass is 388 g/mol. The van der Waals surface area contributed by atoms with Gasteiger partial charge in [-0.3, -0.25) is 15.0 Å². The second-order valence-electron chi connectivity index (χ2n) is 8.18. The normalized spacial score (nSPS) is 16.1. The fraction of sp³-hybridized carbons (Fsp3) is 0.524. The van der Waals surface area contributed by atoms with Gasteiger partial charge in [-0.1, -0.05) is 0 Å². The molecule has 0 radical (unpaired) electrons. The van der Waals surface area contributed by atoms with E-state index in [1.165, 1.54) is 0 Å². The van der Waals surface area contributed by atoms with E-state index in [-0.39, 0.29) is 23.6 Å². The van der Waals surface area contributed by atoms with Gasteiger partial charge < -0.3 is 13.9 Å². The molecular formula is C21H28N2O5. The zero-order valence-corrected chi connectivity index (χ0v) is 16.9. The van der Waals surface area contributed by atoms with Gasteiger partial charge in [0.15, 0.2) is 5.76 Å². The third-order valence-electron chi connectivity index (χ3n) is 4.70. The van der Waals surface area contributed by atoms with Crippen LogP contribution in [0.2, 0.25) is 0 Å². The summed E-state index contributed by atoms with van der Waals surface area (Å²) in [6.07, 6.45) is 2.08. The molecule has 1 aromatic carbocycles. The van der Waals surface area contributed by atoms with Gasteiger partial charge in [-0.25, -0.2) is 5.01 Å². The molecule has 1 aliphatic heterocycles. The van der Waals surface area contributed by atoms with Gasteiger partial charge >= 0.3 is 11.9 Å². The number of carbonyl (C=O) groups is 2. The summed E-state index contributed by atoms with van der Waals surface area (Å²) in [4.78, 5) is 24.5. The number of hydrazine groups is 1. The summed E-state index contributed by atoms with van der Waals surface area (Å²) in [5, 5.41) is 2.70. The first kappa shape index (κ1) is 20.2. The van der Waals surface area contributed by atoms with Crippen molar-refractivity contribution < 1.29 is 23.5 Å². The number of benzene rings is 1. The van der Waals surface area contributed by atoms with Crippen LogP contribution in [-0.4, -0.2) is 42.7 Å². The Balaban J connectivity index is 1.50. The number of furan rings is 1. The summed E-state index contributed by atoms with van der Waals surface area (Å²) >= 11 is 0. The predicted molar refractivity (Wildman–Crippen MR) is 105 cm³/mol. The van der Waals surface area contributed by atoms with Crippen molar-refractivity contribution >= 4 is 22.8 Å². The molecule has 1 N–H and O–H groups in total. The maximum absolute atomic E-state index is 12.5. The molecule has 0 saturated carbocycles. The number of ether oxygens (including phenoxy) is 2. The predicted octanol–water partition coefficient (Wildman–Crippen LogP) is 3.53. The molecule has 152 valence electrons. The van der Waals surface area contributed by atoms with E-state index in [1.807, 2.05) is 31.8 Å². The van der Waals surface area contributed by atoms with Gasteiger partial charge in [-0.2, -0.15) is 0 Å². The van der Waals surface area contributed by atoms with Crippen molar-refractivity contribution in [2.75, 3.05) is 20.2 Å². The van der Waals surface area contributed by atoms with E-state index < -0.39 is 5.60 Å². The number of hydrogen-bond acceptors (Lipinski definition) is 6. The Morgan fingerprint density at radius 3 is 2.57 bits per heavy atom. The second-order valence-corrected chi connectivity index (χ2v) is 8.18. The van der Waals surface area contributed by atoms with Gasteiger partial charge in [0.2, 0.25) is 0 Å². The molecule has 2 aromatic rings. The van der Waals surface area contributed by atoms with E-state index in [0.717, 1.165) is 18.2 Å². The van der Waals surface area contributed by atoms with Crippen molar-refractivity contribution in [1.29, 1.82) is 0 Å². The van der Waals surface area contributed by atoms with Crippen LogP contribution in [0, 0.1) is 5.92 Å². The lowest BCUT2D eigenvalue weighted by Crippen LogP contribution is -2.46. The second kappa shape index (κ2) is 8.22. The fourth-order valence-corrected chi connectivity index (χ4v) is 3.33.